The summed E-state index contributed by atoms with van der Waals surface area (Å²) in [5.74, 6) is 0.0742. The lowest BCUT2D eigenvalue weighted by molar-refractivity contribution is -0.137. The average molecular weight is 205 g/mol. The van der Waals surface area contributed by atoms with Gasteiger partial charge in [0.2, 0.25) is 0 Å². The van der Waals surface area contributed by atoms with Gasteiger partial charge in [0, 0.05) is 0 Å². The fourth-order valence-corrected chi connectivity index (χ4v) is 0.863. The van der Waals surface area contributed by atoms with Crippen LogP contribution in [0.2, 0.25) is 0 Å². The molecule has 0 spiro atoms. The van der Waals surface area contributed by atoms with Gasteiger partial charge in [-0.15, -0.1) is 0 Å². The molecule has 0 bridgehead atoms. The molecule has 14 heavy (non-hydrogen) atoms. The molecule has 0 unspecified atom stereocenters. The predicted octanol–water partition coefficient (Wildman–Crippen LogP) is 1.88. The van der Waals surface area contributed by atoms with Crippen molar-refractivity contribution in [3.63, 3.8) is 0 Å². The van der Waals surface area contributed by atoms with Crippen molar-refractivity contribution in [2.45, 2.75) is 6.18 Å². The Morgan fingerprint density at radius 2 is 2.14 bits per heavy atom. The van der Waals surface area contributed by atoms with Gasteiger partial charge in [0.15, 0.2) is 0 Å². The Balaban J connectivity index is 2.79. The van der Waals surface area contributed by atoms with E-state index in [2.05, 4.69) is 6.07 Å². The molecule has 0 aliphatic carbocycles. The number of hydrogen-bond acceptors (Lipinski definition) is 2. The summed E-state index contributed by atoms with van der Waals surface area (Å²) < 4.78 is 41.3. The number of rotatable bonds is 3. The summed E-state index contributed by atoms with van der Waals surface area (Å²) in [4.78, 5) is 0. The Morgan fingerprint density at radius 3 is 2.71 bits per heavy atom. The van der Waals surface area contributed by atoms with Crippen molar-refractivity contribution >= 4 is 0 Å². The molecule has 0 atom stereocenters. The molecule has 0 heterocycles. The van der Waals surface area contributed by atoms with E-state index in [1.165, 1.54) is 6.07 Å². The van der Waals surface area contributed by atoms with Gasteiger partial charge in [0.25, 0.3) is 0 Å². The van der Waals surface area contributed by atoms with Crippen LogP contribution in [0.3, 0.4) is 0 Å². The van der Waals surface area contributed by atoms with E-state index in [1.807, 2.05) is 0 Å². The van der Waals surface area contributed by atoms with Gasteiger partial charge in [-0.2, -0.15) is 13.2 Å². The molecule has 5 heteroatoms. The van der Waals surface area contributed by atoms with Crippen LogP contribution in [0.15, 0.2) is 18.2 Å². The Hall–Kier alpha value is -1.23. The average Bonchev–Trinajstić information content (AvgIpc) is 2.14. The van der Waals surface area contributed by atoms with E-state index in [0.717, 1.165) is 12.1 Å². The van der Waals surface area contributed by atoms with Crippen molar-refractivity contribution in [2.24, 2.45) is 0 Å². The minimum Gasteiger partial charge on any atom is -0.491 e. The van der Waals surface area contributed by atoms with Crippen molar-refractivity contribution in [1.82, 2.24) is 0 Å². The van der Waals surface area contributed by atoms with Crippen molar-refractivity contribution in [1.29, 1.82) is 0 Å². The van der Waals surface area contributed by atoms with E-state index in [9.17, 15) is 13.2 Å². The zero-order valence-electron chi connectivity index (χ0n) is 7.14. The molecule has 0 saturated heterocycles. The largest absolute Gasteiger partial charge is 0.491 e. The number of ether oxygens (including phenoxy) is 1. The zero-order valence-corrected chi connectivity index (χ0v) is 7.14. The van der Waals surface area contributed by atoms with Crippen LogP contribution in [-0.2, 0) is 6.18 Å². The van der Waals surface area contributed by atoms with E-state index in [-0.39, 0.29) is 19.0 Å². The van der Waals surface area contributed by atoms with Gasteiger partial charge < -0.3 is 9.84 Å². The van der Waals surface area contributed by atoms with E-state index < -0.39 is 11.7 Å². The quantitative estimate of drug-likeness (QED) is 0.816. The van der Waals surface area contributed by atoms with Crippen LogP contribution in [0.25, 0.3) is 0 Å². The monoisotopic (exact) mass is 205 g/mol. The van der Waals surface area contributed by atoms with Crippen LogP contribution in [0, 0.1) is 6.07 Å². The molecule has 0 aliphatic rings. The van der Waals surface area contributed by atoms with Gasteiger partial charge in [0.1, 0.15) is 12.4 Å². The van der Waals surface area contributed by atoms with Crippen molar-refractivity contribution in [2.75, 3.05) is 13.2 Å². The maximum atomic E-state index is 12.2. The van der Waals surface area contributed by atoms with Gasteiger partial charge in [-0.05, 0) is 18.2 Å². The second-order valence-electron chi connectivity index (χ2n) is 2.51. The van der Waals surface area contributed by atoms with E-state index >= 15 is 0 Å². The molecular weight excluding hydrogens is 197 g/mol. The number of benzene rings is 1. The molecule has 2 nitrogen and oxygen atoms in total. The predicted molar refractivity (Wildman–Crippen MR) is 42.9 cm³/mol. The zero-order chi connectivity index (χ0) is 10.6. The van der Waals surface area contributed by atoms with Crippen molar-refractivity contribution in [3.8, 4) is 5.75 Å². The maximum Gasteiger partial charge on any atom is 0.417 e. The van der Waals surface area contributed by atoms with Crippen molar-refractivity contribution in [3.05, 3.63) is 29.8 Å². The van der Waals surface area contributed by atoms with E-state index in [0.29, 0.717) is 0 Å². The lowest BCUT2D eigenvalue weighted by Gasteiger charge is -2.08. The topological polar surface area (TPSA) is 29.5 Å². The molecule has 1 N–H and O–H groups in total. The molecule has 1 aromatic rings. The molecule has 0 fully saturated rings. The van der Waals surface area contributed by atoms with Crippen LogP contribution < -0.4 is 4.74 Å². The van der Waals surface area contributed by atoms with E-state index in [4.69, 9.17) is 9.84 Å². The Kier molecular flexibility index (Phi) is 3.35. The maximum absolute atomic E-state index is 12.2. The molecule has 0 aliphatic heterocycles. The van der Waals surface area contributed by atoms with Gasteiger partial charge >= 0.3 is 6.18 Å². The Labute approximate surface area is 78.9 Å². The molecule has 0 amide bonds. The normalized spacial score (nSPS) is 11.4. The number of aliphatic hydroxyl groups excluding tert-OH is 1. The molecule has 77 valence electrons. The number of hydrogen-bond donors (Lipinski definition) is 1. The summed E-state index contributed by atoms with van der Waals surface area (Å²) in [7, 11) is 0. The first-order valence-corrected chi connectivity index (χ1v) is 3.86. The third-order valence-corrected chi connectivity index (χ3v) is 1.44. The van der Waals surface area contributed by atoms with Gasteiger partial charge in [-0.1, -0.05) is 6.07 Å². The lowest BCUT2D eigenvalue weighted by atomic mass is 10.2. The third-order valence-electron chi connectivity index (χ3n) is 1.44. The molecule has 0 aromatic heterocycles. The first kappa shape index (κ1) is 10.8. The summed E-state index contributed by atoms with van der Waals surface area (Å²) in [6, 6.07) is 5.39. The van der Waals surface area contributed by atoms with Gasteiger partial charge in [-0.25, -0.2) is 0 Å². The van der Waals surface area contributed by atoms with Crippen LogP contribution in [0.4, 0.5) is 13.2 Å². The van der Waals surface area contributed by atoms with Gasteiger partial charge in [0.05, 0.1) is 12.2 Å². The second kappa shape index (κ2) is 4.32. The van der Waals surface area contributed by atoms with Crippen LogP contribution in [-0.4, -0.2) is 18.3 Å². The first-order valence-electron chi connectivity index (χ1n) is 3.86. The summed E-state index contributed by atoms with van der Waals surface area (Å²) in [5.41, 5.74) is -0.882. The minimum atomic E-state index is -4.42. The van der Waals surface area contributed by atoms with E-state index in [1.54, 1.807) is 0 Å². The van der Waals surface area contributed by atoms with Crippen LogP contribution in [0.1, 0.15) is 5.56 Å². The molecular formula is C9H8F3O2. The summed E-state index contributed by atoms with van der Waals surface area (Å²) in [5, 5.41) is 8.40. The van der Waals surface area contributed by atoms with Gasteiger partial charge in [-0.3, -0.25) is 0 Å². The van der Waals surface area contributed by atoms with Crippen LogP contribution in [0.5, 0.6) is 5.75 Å². The smallest absolute Gasteiger partial charge is 0.417 e. The highest BCUT2D eigenvalue weighted by Gasteiger charge is 2.30. The van der Waals surface area contributed by atoms with Crippen molar-refractivity contribution < 1.29 is 23.0 Å². The highest BCUT2D eigenvalue weighted by atomic mass is 19.4. The Bertz CT molecular complexity index is 296. The SMILES string of the molecule is OCCOc1cc[c]c(C(F)(F)F)c1. The fourth-order valence-electron chi connectivity index (χ4n) is 0.863. The minimum absolute atomic E-state index is 0.0265. The molecule has 1 aromatic carbocycles. The molecule has 1 rings (SSSR count). The summed E-state index contributed by atoms with van der Waals surface area (Å²) in [6.07, 6.45) is -4.42. The Morgan fingerprint density at radius 1 is 1.43 bits per heavy atom. The highest BCUT2D eigenvalue weighted by molar-refractivity contribution is 5.29. The summed E-state index contributed by atoms with van der Waals surface area (Å²) in [6.45, 7) is -0.263. The fraction of sp³-hybridized carbons (Fsp3) is 0.333. The standard InChI is InChI=1S/C9H8F3O2/c10-9(11,12)7-2-1-3-8(6-7)14-5-4-13/h1,3,6,13H,4-5H2. The molecule has 0 saturated carbocycles. The first-order chi connectivity index (χ1) is 6.54. The lowest BCUT2D eigenvalue weighted by Crippen LogP contribution is -2.06. The molecule has 1 radical (unpaired) electrons. The number of aliphatic hydroxyl groups is 1. The number of halogens is 3. The second-order valence-corrected chi connectivity index (χ2v) is 2.51. The highest BCUT2D eigenvalue weighted by Crippen LogP contribution is 2.30. The number of alkyl halides is 3. The third kappa shape index (κ3) is 2.92. The summed E-state index contributed by atoms with van der Waals surface area (Å²) >= 11 is 0. The van der Waals surface area contributed by atoms with Crippen LogP contribution >= 0.6 is 0 Å².